The van der Waals surface area contributed by atoms with Crippen LogP contribution in [0.2, 0.25) is 0 Å². The monoisotopic (exact) mass is 213 g/mol. The van der Waals surface area contributed by atoms with Gasteiger partial charge in [0.15, 0.2) is 0 Å². The third-order valence-corrected chi connectivity index (χ3v) is 3.21. The summed E-state index contributed by atoms with van der Waals surface area (Å²) in [6.07, 6.45) is 1.15. The van der Waals surface area contributed by atoms with E-state index in [1.54, 1.807) is 4.90 Å². The molecule has 0 aliphatic carbocycles. The van der Waals surface area contributed by atoms with Gasteiger partial charge in [0.1, 0.15) is 0 Å². The summed E-state index contributed by atoms with van der Waals surface area (Å²) in [5.41, 5.74) is 0. The molecule has 0 radical (unpaired) electrons. The van der Waals surface area contributed by atoms with Crippen LogP contribution in [0.15, 0.2) is 0 Å². The fourth-order valence-electron chi connectivity index (χ4n) is 1.76. The Bertz CT molecular complexity index is 212. The minimum Gasteiger partial charge on any atom is -0.342 e. The summed E-state index contributed by atoms with van der Waals surface area (Å²) in [5, 5.41) is 3.31. The standard InChI is InChI=1S/C11H23N3O/c1-9(2)14(4)11(15)8-13(3)10-5-6-12-7-10/h9-10,12H,5-8H2,1-4H3. The molecule has 1 amide bonds. The number of carbonyl (C=O) groups is 1. The van der Waals surface area contributed by atoms with Crippen molar-refractivity contribution in [3.8, 4) is 0 Å². The number of carbonyl (C=O) groups excluding carboxylic acids is 1. The summed E-state index contributed by atoms with van der Waals surface area (Å²) in [5.74, 6) is 0.208. The molecular formula is C11H23N3O. The van der Waals surface area contributed by atoms with Gasteiger partial charge >= 0.3 is 0 Å². The lowest BCUT2D eigenvalue weighted by Gasteiger charge is -2.27. The molecule has 4 heteroatoms. The van der Waals surface area contributed by atoms with Crippen molar-refractivity contribution in [3.63, 3.8) is 0 Å². The third kappa shape index (κ3) is 3.47. The van der Waals surface area contributed by atoms with Crippen LogP contribution in [0.4, 0.5) is 0 Å². The Kier molecular flexibility index (Phi) is 4.54. The van der Waals surface area contributed by atoms with Gasteiger partial charge < -0.3 is 10.2 Å². The van der Waals surface area contributed by atoms with Gasteiger partial charge in [-0.1, -0.05) is 0 Å². The SMILES string of the molecule is CC(C)N(C)C(=O)CN(C)C1CCNC1. The van der Waals surface area contributed by atoms with Crippen molar-refractivity contribution in [1.29, 1.82) is 0 Å². The molecule has 0 aromatic rings. The fraction of sp³-hybridized carbons (Fsp3) is 0.909. The van der Waals surface area contributed by atoms with Crippen LogP contribution in [-0.2, 0) is 4.79 Å². The number of nitrogens with one attached hydrogen (secondary N) is 1. The predicted molar refractivity (Wildman–Crippen MR) is 61.8 cm³/mol. The minimum absolute atomic E-state index is 0.208. The summed E-state index contributed by atoms with van der Waals surface area (Å²) >= 11 is 0. The lowest BCUT2D eigenvalue weighted by molar-refractivity contribution is -0.132. The Balaban J connectivity index is 2.36. The zero-order valence-corrected chi connectivity index (χ0v) is 10.3. The second kappa shape index (κ2) is 5.47. The molecule has 1 saturated heterocycles. The van der Waals surface area contributed by atoms with E-state index in [1.807, 2.05) is 27.9 Å². The van der Waals surface area contributed by atoms with Crippen molar-refractivity contribution in [3.05, 3.63) is 0 Å². The van der Waals surface area contributed by atoms with Gasteiger partial charge in [0.25, 0.3) is 0 Å². The van der Waals surface area contributed by atoms with Crippen LogP contribution in [0.25, 0.3) is 0 Å². The highest BCUT2D eigenvalue weighted by molar-refractivity contribution is 5.78. The molecule has 4 nitrogen and oxygen atoms in total. The van der Waals surface area contributed by atoms with Gasteiger partial charge in [-0.2, -0.15) is 0 Å². The Morgan fingerprint density at radius 2 is 2.13 bits per heavy atom. The molecule has 0 bridgehead atoms. The Morgan fingerprint density at radius 3 is 2.60 bits per heavy atom. The maximum absolute atomic E-state index is 11.8. The van der Waals surface area contributed by atoms with Crippen LogP contribution in [0.5, 0.6) is 0 Å². The van der Waals surface area contributed by atoms with E-state index in [0.717, 1.165) is 19.5 Å². The molecule has 15 heavy (non-hydrogen) atoms. The highest BCUT2D eigenvalue weighted by atomic mass is 16.2. The van der Waals surface area contributed by atoms with E-state index in [4.69, 9.17) is 0 Å². The van der Waals surface area contributed by atoms with Crippen LogP contribution in [-0.4, -0.2) is 61.5 Å². The molecule has 1 aliphatic rings. The van der Waals surface area contributed by atoms with Crippen LogP contribution in [0, 0.1) is 0 Å². The lowest BCUT2D eigenvalue weighted by atomic mass is 10.2. The zero-order chi connectivity index (χ0) is 11.4. The van der Waals surface area contributed by atoms with Gasteiger partial charge in [0, 0.05) is 25.7 Å². The molecule has 1 N–H and O–H groups in total. The summed E-state index contributed by atoms with van der Waals surface area (Å²) in [4.78, 5) is 15.8. The molecule has 0 saturated carbocycles. The summed E-state index contributed by atoms with van der Waals surface area (Å²) < 4.78 is 0. The Labute approximate surface area is 92.6 Å². The van der Waals surface area contributed by atoms with Gasteiger partial charge in [-0.15, -0.1) is 0 Å². The first kappa shape index (κ1) is 12.5. The van der Waals surface area contributed by atoms with Gasteiger partial charge in [-0.05, 0) is 33.9 Å². The molecule has 0 aromatic carbocycles. The molecule has 88 valence electrons. The predicted octanol–water partition coefficient (Wildman–Crippen LogP) is 0.147. The molecule has 1 fully saturated rings. The maximum Gasteiger partial charge on any atom is 0.236 e. The number of nitrogens with zero attached hydrogens (tertiary/aromatic N) is 2. The topological polar surface area (TPSA) is 35.6 Å². The van der Waals surface area contributed by atoms with E-state index in [9.17, 15) is 4.79 Å². The largest absolute Gasteiger partial charge is 0.342 e. The molecule has 1 rings (SSSR count). The average molecular weight is 213 g/mol. The van der Waals surface area contributed by atoms with Crippen molar-refractivity contribution >= 4 is 5.91 Å². The summed E-state index contributed by atoms with van der Waals surface area (Å²) in [6.45, 7) is 6.68. The lowest BCUT2D eigenvalue weighted by Crippen LogP contribution is -2.44. The highest BCUT2D eigenvalue weighted by Crippen LogP contribution is 2.06. The average Bonchev–Trinajstić information content (AvgIpc) is 2.68. The molecule has 0 aromatic heterocycles. The number of hydrogen-bond donors (Lipinski definition) is 1. The van der Waals surface area contributed by atoms with Crippen molar-refractivity contribution in [2.75, 3.05) is 33.7 Å². The quantitative estimate of drug-likeness (QED) is 0.722. The van der Waals surface area contributed by atoms with Crippen LogP contribution in [0.3, 0.4) is 0 Å². The van der Waals surface area contributed by atoms with Crippen molar-refractivity contribution in [2.45, 2.75) is 32.4 Å². The molecule has 1 aliphatic heterocycles. The second-order valence-electron chi connectivity index (χ2n) is 4.66. The summed E-state index contributed by atoms with van der Waals surface area (Å²) in [7, 11) is 3.90. The van der Waals surface area contributed by atoms with E-state index < -0.39 is 0 Å². The number of hydrogen-bond acceptors (Lipinski definition) is 3. The first-order valence-electron chi connectivity index (χ1n) is 5.69. The van der Waals surface area contributed by atoms with Gasteiger partial charge in [0.2, 0.25) is 5.91 Å². The third-order valence-electron chi connectivity index (χ3n) is 3.21. The van der Waals surface area contributed by atoms with E-state index in [0.29, 0.717) is 12.6 Å². The molecular weight excluding hydrogens is 190 g/mol. The first-order valence-corrected chi connectivity index (χ1v) is 5.69. The van der Waals surface area contributed by atoms with E-state index in [2.05, 4.69) is 10.2 Å². The molecule has 1 unspecified atom stereocenters. The van der Waals surface area contributed by atoms with Crippen LogP contribution < -0.4 is 5.32 Å². The summed E-state index contributed by atoms with van der Waals surface area (Å²) in [6, 6.07) is 0.808. The van der Waals surface area contributed by atoms with Gasteiger partial charge in [0.05, 0.1) is 6.54 Å². The second-order valence-corrected chi connectivity index (χ2v) is 4.66. The Morgan fingerprint density at radius 1 is 1.47 bits per heavy atom. The van der Waals surface area contributed by atoms with Gasteiger partial charge in [-0.3, -0.25) is 9.69 Å². The maximum atomic E-state index is 11.8. The number of rotatable bonds is 4. The normalized spacial score (nSPS) is 21.3. The number of likely N-dealkylation sites (N-methyl/N-ethyl adjacent to an activating group) is 2. The molecule has 0 spiro atoms. The van der Waals surface area contributed by atoms with E-state index in [-0.39, 0.29) is 11.9 Å². The smallest absolute Gasteiger partial charge is 0.236 e. The van der Waals surface area contributed by atoms with Crippen molar-refractivity contribution in [1.82, 2.24) is 15.1 Å². The van der Waals surface area contributed by atoms with Gasteiger partial charge in [-0.25, -0.2) is 0 Å². The van der Waals surface area contributed by atoms with Crippen LogP contribution in [0.1, 0.15) is 20.3 Å². The number of amides is 1. The molecule has 1 heterocycles. The minimum atomic E-state index is 0.208. The van der Waals surface area contributed by atoms with Crippen LogP contribution >= 0.6 is 0 Å². The highest BCUT2D eigenvalue weighted by Gasteiger charge is 2.22. The van der Waals surface area contributed by atoms with Crippen molar-refractivity contribution in [2.24, 2.45) is 0 Å². The van der Waals surface area contributed by atoms with Crippen molar-refractivity contribution < 1.29 is 4.79 Å². The zero-order valence-electron chi connectivity index (χ0n) is 10.3. The Hall–Kier alpha value is -0.610. The van der Waals surface area contributed by atoms with E-state index >= 15 is 0 Å². The molecule has 1 atom stereocenters. The first-order chi connectivity index (χ1) is 7.02. The fourth-order valence-corrected chi connectivity index (χ4v) is 1.76. The van der Waals surface area contributed by atoms with E-state index in [1.165, 1.54) is 0 Å².